The second kappa shape index (κ2) is 4.25. The van der Waals surface area contributed by atoms with E-state index in [-0.39, 0.29) is 10.7 Å². The van der Waals surface area contributed by atoms with Crippen molar-refractivity contribution in [1.29, 1.82) is 5.26 Å². The number of hydrogen-bond acceptors (Lipinski definition) is 3. The van der Waals surface area contributed by atoms with E-state index in [1.54, 1.807) is 0 Å². The Morgan fingerprint density at radius 2 is 2.06 bits per heavy atom. The predicted octanol–water partition coefficient (Wildman–Crippen LogP) is 2.81. The number of nitriles is 1. The maximum atomic E-state index is 12.8. The van der Waals surface area contributed by atoms with Crippen molar-refractivity contribution < 1.29 is 4.39 Å². The van der Waals surface area contributed by atoms with Crippen LogP contribution in [0.15, 0.2) is 30.6 Å². The second-order valence-electron chi connectivity index (χ2n) is 3.02. The molecule has 0 amide bonds. The fourth-order valence-electron chi connectivity index (χ4n) is 1.26. The van der Waals surface area contributed by atoms with Crippen LogP contribution in [0.2, 0.25) is 5.02 Å². The Morgan fingerprint density at radius 3 is 2.75 bits per heavy atom. The highest BCUT2D eigenvalue weighted by Crippen LogP contribution is 2.26. The molecule has 1 aromatic carbocycles. The number of halogens is 2. The van der Waals surface area contributed by atoms with E-state index in [2.05, 4.69) is 9.97 Å². The molecule has 0 saturated carbocycles. The summed E-state index contributed by atoms with van der Waals surface area (Å²) in [6.07, 6.45) is 1.27. The average molecular weight is 234 g/mol. The fraction of sp³-hybridized carbons (Fsp3) is 0. The molecule has 16 heavy (non-hydrogen) atoms. The molecule has 0 aliphatic heterocycles. The molecule has 3 nitrogen and oxygen atoms in total. The van der Waals surface area contributed by atoms with Gasteiger partial charge in [0.1, 0.15) is 23.9 Å². The van der Waals surface area contributed by atoms with E-state index in [4.69, 9.17) is 16.9 Å². The third-order valence-electron chi connectivity index (χ3n) is 1.99. The van der Waals surface area contributed by atoms with Crippen molar-refractivity contribution in [3.05, 3.63) is 47.1 Å². The average Bonchev–Trinajstić information content (AvgIpc) is 2.29. The van der Waals surface area contributed by atoms with E-state index in [0.717, 1.165) is 0 Å². The third kappa shape index (κ3) is 2.00. The fourth-order valence-corrected chi connectivity index (χ4v) is 1.53. The van der Waals surface area contributed by atoms with E-state index in [1.165, 1.54) is 30.6 Å². The van der Waals surface area contributed by atoms with Crippen LogP contribution in [0.4, 0.5) is 4.39 Å². The van der Waals surface area contributed by atoms with E-state index in [1.807, 2.05) is 6.07 Å². The molecule has 0 fully saturated rings. The zero-order valence-corrected chi connectivity index (χ0v) is 8.74. The van der Waals surface area contributed by atoms with Gasteiger partial charge in [-0.3, -0.25) is 0 Å². The Labute approximate surface area is 96.2 Å². The van der Waals surface area contributed by atoms with Gasteiger partial charge >= 0.3 is 0 Å². The summed E-state index contributed by atoms with van der Waals surface area (Å²) >= 11 is 5.88. The minimum Gasteiger partial charge on any atom is -0.236 e. The van der Waals surface area contributed by atoms with Crippen LogP contribution in [-0.4, -0.2) is 9.97 Å². The van der Waals surface area contributed by atoms with Crippen molar-refractivity contribution in [2.45, 2.75) is 0 Å². The Kier molecular flexibility index (Phi) is 2.80. The minimum absolute atomic E-state index is 0.241. The highest BCUT2D eigenvalue weighted by molar-refractivity contribution is 6.33. The molecule has 78 valence electrons. The van der Waals surface area contributed by atoms with E-state index < -0.39 is 5.82 Å². The Morgan fingerprint density at radius 1 is 1.25 bits per heavy atom. The lowest BCUT2D eigenvalue weighted by atomic mass is 10.1. The molecule has 0 bridgehead atoms. The molecule has 0 radical (unpaired) electrons. The second-order valence-corrected chi connectivity index (χ2v) is 3.43. The number of hydrogen-bond donors (Lipinski definition) is 0. The number of aromatic nitrogens is 2. The zero-order valence-electron chi connectivity index (χ0n) is 7.98. The first kappa shape index (κ1) is 10.5. The van der Waals surface area contributed by atoms with Gasteiger partial charge in [-0.1, -0.05) is 11.6 Å². The monoisotopic (exact) mass is 233 g/mol. The summed E-state index contributed by atoms with van der Waals surface area (Å²) in [6.45, 7) is 0. The van der Waals surface area contributed by atoms with Crippen molar-refractivity contribution in [3.63, 3.8) is 0 Å². The van der Waals surface area contributed by atoms with Crippen LogP contribution in [-0.2, 0) is 0 Å². The summed E-state index contributed by atoms with van der Waals surface area (Å²) in [7, 11) is 0. The Balaban J connectivity index is 2.55. The van der Waals surface area contributed by atoms with Crippen molar-refractivity contribution in [3.8, 4) is 17.3 Å². The Bertz CT molecular complexity index is 578. The largest absolute Gasteiger partial charge is 0.236 e. The van der Waals surface area contributed by atoms with Crippen LogP contribution in [0, 0.1) is 17.1 Å². The van der Waals surface area contributed by atoms with Crippen molar-refractivity contribution in [2.75, 3.05) is 0 Å². The third-order valence-corrected chi connectivity index (χ3v) is 2.30. The van der Waals surface area contributed by atoms with Crippen LogP contribution in [0.5, 0.6) is 0 Å². The van der Waals surface area contributed by atoms with Gasteiger partial charge in [0.2, 0.25) is 0 Å². The van der Waals surface area contributed by atoms with Crippen molar-refractivity contribution in [1.82, 2.24) is 9.97 Å². The molecular formula is C11H5ClFN3. The Hall–Kier alpha value is -1.99. The van der Waals surface area contributed by atoms with Gasteiger partial charge in [-0.05, 0) is 18.2 Å². The lowest BCUT2D eigenvalue weighted by Crippen LogP contribution is -1.90. The molecule has 1 heterocycles. The summed E-state index contributed by atoms with van der Waals surface area (Å²) in [5, 5.41) is 8.94. The van der Waals surface area contributed by atoms with Gasteiger partial charge in [0.05, 0.1) is 10.7 Å². The van der Waals surface area contributed by atoms with Gasteiger partial charge in [-0.25, -0.2) is 14.4 Å². The summed E-state index contributed by atoms with van der Waals surface area (Å²) in [5.74, 6) is -0.414. The van der Waals surface area contributed by atoms with Gasteiger partial charge in [-0.2, -0.15) is 5.26 Å². The summed E-state index contributed by atoms with van der Waals surface area (Å²) < 4.78 is 12.8. The lowest BCUT2D eigenvalue weighted by Gasteiger charge is -2.03. The standard InChI is InChI=1S/C11H5ClFN3/c12-10-3-7(13)1-2-9(10)11-4-8(5-14)15-6-16-11/h1-4,6H. The predicted molar refractivity (Wildman–Crippen MR) is 57.2 cm³/mol. The van der Waals surface area contributed by atoms with Crippen LogP contribution in [0.25, 0.3) is 11.3 Å². The molecule has 5 heteroatoms. The lowest BCUT2D eigenvalue weighted by molar-refractivity contribution is 0.628. The van der Waals surface area contributed by atoms with Crippen LogP contribution >= 0.6 is 11.6 Å². The van der Waals surface area contributed by atoms with E-state index in [9.17, 15) is 4.39 Å². The molecule has 0 aliphatic carbocycles. The summed E-state index contributed by atoms with van der Waals surface area (Å²) in [4.78, 5) is 7.72. The quantitative estimate of drug-likeness (QED) is 0.761. The molecule has 0 atom stereocenters. The normalized spacial score (nSPS) is 9.81. The minimum atomic E-state index is -0.414. The van der Waals surface area contributed by atoms with Crippen molar-refractivity contribution >= 4 is 11.6 Å². The molecule has 2 aromatic rings. The molecule has 0 aliphatic rings. The van der Waals surface area contributed by atoms with Crippen LogP contribution in [0.1, 0.15) is 5.69 Å². The first-order valence-electron chi connectivity index (χ1n) is 4.38. The molecule has 0 unspecified atom stereocenters. The first-order valence-corrected chi connectivity index (χ1v) is 4.76. The van der Waals surface area contributed by atoms with Crippen LogP contribution in [0.3, 0.4) is 0 Å². The number of nitrogens with zero attached hydrogens (tertiary/aromatic N) is 3. The molecule has 1 aromatic heterocycles. The molecule has 0 saturated heterocycles. The molecular weight excluding hydrogens is 229 g/mol. The SMILES string of the molecule is N#Cc1cc(-c2ccc(F)cc2Cl)ncn1. The molecule has 0 spiro atoms. The van der Waals surface area contributed by atoms with E-state index in [0.29, 0.717) is 11.3 Å². The van der Waals surface area contributed by atoms with E-state index >= 15 is 0 Å². The smallest absolute Gasteiger partial charge is 0.144 e. The van der Waals surface area contributed by atoms with Crippen LogP contribution < -0.4 is 0 Å². The maximum Gasteiger partial charge on any atom is 0.144 e. The van der Waals surface area contributed by atoms with Gasteiger partial charge in [0, 0.05) is 11.6 Å². The van der Waals surface area contributed by atoms with Gasteiger partial charge < -0.3 is 0 Å². The van der Waals surface area contributed by atoms with Gasteiger partial charge in [-0.15, -0.1) is 0 Å². The first-order chi connectivity index (χ1) is 7.70. The van der Waals surface area contributed by atoms with Gasteiger partial charge in [0.15, 0.2) is 0 Å². The highest BCUT2D eigenvalue weighted by Gasteiger charge is 2.07. The summed E-state index contributed by atoms with van der Waals surface area (Å²) in [5.41, 5.74) is 1.31. The van der Waals surface area contributed by atoms with Gasteiger partial charge in [0.25, 0.3) is 0 Å². The number of benzene rings is 1. The zero-order chi connectivity index (χ0) is 11.5. The highest BCUT2D eigenvalue weighted by atomic mass is 35.5. The molecule has 0 N–H and O–H groups in total. The topological polar surface area (TPSA) is 49.6 Å². The summed E-state index contributed by atoms with van der Waals surface area (Å²) in [6, 6.07) is 7.40. The number of rotatable bonds is 1. The molecule has 2 rings (SSSR count). The van der Waals surface area contributed by atoms with Crippen molar-refractivity contribution in [2.24, 2.45) is 0 Å². The maximum absolute atomic E-state index is 12.8.